The summed E-state index contributed by atoms with van der Waals surface area (Å²) in [6, 6.07) is 5.80. The van der Waals surface area contributed by atoms with Crippen LogP contribution in [0.4, 0.5) is 5.69 Å². The lowest BCUT2D eigenvalue weighted by Gasteiger charge is -2.33. The summed E-state index contributed by atoms with van der Waals surface area (Å²) in [6.45, 7) is 6.45. The molecule has 3 heteroatoms. The van der Waals surface area contributed by atoms with Gasteiger partial charge < -0.3 is 14.7 Å². The molecule has 1 fully saturated rings. The first-order chi connectivity index (χ1) is 7.16. The minimum Gasteiger partial charge on any atom is -0.506 e. The smallest absolute Gasteiger partial charge is 0.139 e. The Kier molecular flexibility index (Phi) is 2.82. The van der Waals surface area contributed by atoms with E-state index in [1.807, 2.05) is 19.1 Å². The third kappa shape index (κ3) is 2.23. The monoisotopic (exact) mass is 207 g/mol. The molecule has 1 saturated heterocycles. The summed E-state index contributed by atoms with van der Waals surface area (Å²) in [7, 11) is 0. The highest BCUT2D eigenvalue weighted by Crippen LogP contribution is 2.29. The molecule has 1 N–H and O–H groups in total. The number of phenols is 1. The van der Waals surface area contributed by atoms with Crippen molar-refractivity contribution in [2.45, 2.75) is 20.0 Å². The SMILES string of the molecule is Cc1ccc(N2CCOC(C)C2)c(O)c1. The van der Waals surface area contributed by atoms with E-state index in [1.165, 1.54) is 0 Å². The quantitative estimate of drug-likeness (QED) is 0.763. The van der Waals surface area contributed by atoms with Crippen molar-refractivity contribution in [3.05, 3.63) is 23.8 Å². The van der Waals surface area contributed by atoms with Crippen LogP contribution in [0.15, 0.2) is 18.2 Å². The first-order valence-electron chi connectivity index (χ1n) is 5.33. The second-order valence-corrected chi connectivity index (χ2v) is 4.12. The van der Waals surface area contributed by atoms with Crippen LogP contribution < -0.4 is 4.90 Å². The topological polar surface area (TPSA) is 32.7 Å². The standard InChI is InChI=1S/C12H17NO2/c1-9-3-4-11(12(14)7-9)13-5-6-15-10(2)8-13/h3-4,7,10,14H,5-6,8H2,1-2H3. The van der Waals surface area contributed by atoms with E-state index in [2.05, 4.69) is 11.8 Å². The number of aryl methyl sites for hydroxylation is 1. The van der Waals surface area contributed by atoms with Gasteiger partial charge in [-0.15, -0.1) is 0 Å². The highest BCUT2D eigenvalue weighted by molar-refractivity contribution is 5.59. The molecule has 1 aliphatic rings. The molecule has 1 aliphatic heterocycles. The largest absolute Gasteiger partial charge is 0.506 e. The first kappa shape index (κ1) is 10.3. The number of rotatable bonds is 1. The summed E-state index contributed by atoms with van der Waals surface area (Å²) in [4.78, 5) is 2.17. The number of anilines is 1. The van der Waals surface area contributed by atoms with Gasteiger partial charge in [-0.2, -0.15) is 0 Å². The van der Waals surface area contributed by atoms with Crippen LogP contribution in [-0.4, -0.2) is 30.9 Å². The average Bonchev–Trinajstić information content (AvgIpc) is 2.17. The van der Waals surface area contributed by atoms with Gasteiger partial charge in [-0.05, 0) is 31.5 Å². The average molecular weight is 207 g/mol. The van der Waals surface area contributed by atoms with Crippen molar-refractivity contribution in [3.8, 4) is 5.75 Å². The van der Waals surface area contributed by atoms with E-state index in [0.29, 0.717) is 5.75 Å². The molecular weight excluding hydrogens is 190 g/mol. The van der Waals surface area contributed by atoms with Crippen LogP contribution in [0.25, 0.3) is 0 Å². The highest BCUT2D eigenvalue weighted by atomic mass is 16.5. The first-order valence-corrected chi connectivity index (χ1v) is 5.33. The van der Waals surface area contributed by atoms with Crippen molar-refractivity contribution in [2.75, 3.05) is 24.6 Å². The molecule has 15 heavy (non-hydrogen) atoms. The third-order valence-electron chi connectivity index (χ3n) is 2.71. The van der Waals surface area contributed by atoms with Gasteiger partial charge in [-0.1, -0.05) is 6.07 Å². The molecule has 0 spiro atoms. The summed E-state index contributed by atoms with van der Waals surface area (Å²) in [5.74, 6) is 0.365. The van der Waals surface area contributed by atoms with Crippen LogP contribution >= 0.6 is 0 Å². The fourth-order valence-electron chi connectivity index (χ4n) is 1.94. The molecule has 0 radical (unpaired) electrons. The summed E-state index contributed by atoms with van der Waals surface area (Å²) >= 11 is 0. The molecule has 3 nitrogen and oxygen atoms in total. The van der Waals surface area contributed by atoms with Crippen LogP contribution in [-0.2, 0) is 4.74 Å². The van der Waals surface area contributed by atoms with Crippen molar-refractivity contribution in [1.29, 1.82) is 0 Å². The van der Waals surface area contributed by atoms with Crippen LogP contribution in [0.3, 0.4) is 0 Å². The summed E-state index contributed by atoms with van der Waals surface area (Å²) < 4.78 is 5.47. The number of phenolic OH excluding ortho intramolecular Hbond substituents is 1. The molecule has 1 unspecified atom stereocenters. The van der Waals surface area contributed by atoms with E-state index in [-0.39, 0.29) is 6.10 Å². The zero-order chi connectivity index (χ0) is 10.8. The number of morpholine rings is 1. The molecule has 82 valence electrons. The Balaban J connectivity index is 2.21. The summed E-state index contributed by atoms with van der Waals surface area (Å²) in [5.41, 5.74) is 1.99. The fraction of sp³-hybridized carbons (Fsp3) is 0.500. The molecule has 0 bridgehead atoms. The number of aromatic hydroxyl groups is 1. The van der Waals surface area contributed by atoms with Gasteiger partial charge in [0.1, 0.15) is 5.75 Å². The lowest BCUT2D eigenvalue weighted by Crippen LogP contribution is -2.41. The number of ether oxygens (including phenoxy) is 1. The van der Waals surface area contributed by atoms with Crippen molar-refractivity contribution >= 4 is 5.69 Å². The van der Waals surface area contributed by atoms with Crippen molar-refractivity contribution in [2.24, 2.45) is 0 Å². The molecule has 0 amide bonds. The Morgan fingerprint density at radius 1 is 1.47 bits per heavy atom. The van der Waals surface area contributed by atoms with Gasteiger partial charge in [-0.3, -0.25) is 0 Å². The molecule has 0 aromatic heterocycles. The Labute approximate surface area is 90.3 Å². The van der Waals surface area contributed by atoms with E-state index >= 15 is 0 Å². The molecule has 2 rings (SSSR count). The Morgan fingerprint density at radius 2 is 2.27 bits per heavy atom. The van der Waals surface area contributed by atoms with E-state index in [1.54, 1.807) is 6.07 Å². The van der Waals surface area contributed by atoms with Gasteiger partial charge in [0.2, 0.25) is 0 Å². The predicted octanol–water partition coefficient (Wildman–Crippen LogP) is 1.93. The van der Waals surface area contributed by atoms with E-state index < -0.39 is 0 Å². The number of benzene rings is 1. The Morgan fingerprint density at radius 3 is 2.93 bits per heavy atom. The molecule has 0 aliphatic carbocycles. The van der Waals surface area contributed by atoms with Crippen molar-refractivity contribution in [1.82, 2.24) is 0 Å². The van der Waals surface area contributed by atoms with E-state index in [0.717, 1.165) is 30.9 Å². The van der Waals surface area contributed by atoms with Crippen LogP contribution in [0.1, 0.15) is 12.5 Å². The van der Waals surface area contributed by atoms with Gasteiger partial charge >= 0.3 is 0 Å². The lowest BCUT2D eigenvalue weighted by molar-refractivity contribution is 0.0531. The molecule has 1 heterocycles. The zero-order valence-electron chi connectivity index (χ0n) is 9.23. The summed E-state index contributed by atoms with van der Waals surface area (Å²) in [6.07, 6.45) is 0.236. The molecule has 0 saturated carbocycles. The van der Waals surface area contributed by atoms with Crippen molar-refractivity contribution < 1.29 is 9.84 Å². The minimum absolute atomic E-state index is 0.236. The second kappa shape index (κ2) is 4.11. The van der Waals surface area contributed by atoms with Crippen molar-refractivity contribution in [3.63, 3.8) is 0 Å². The Bertz CT molecular complexity index is 351. The number of hydrogen-bond donors (Lipinski definition) is 1. The lowest BCUT2D eigenvalue weighted by atomic mass is 10.1. The normalized spacial score (nSPS) is 21.7. The van der Waals surface area contributed by atoms with Crippen LogP contribution in [0, 0.1) is 6.92 Å². The van der Waals surface area contributed by atoms with E-state index in [4.69, 9.17) is 4.74 Å². The maximum absolute atomic E-state index is 9.85. The maximum Gasteiger partial charge on any atom is 0.139 e. The minimum atomic E-state index is 0.236. The summed E-state index contributed by atoms with van der Waals surface area (Å²) in [5, 5.41) is 9.85. The molecule has 1 aromatic carbocycles. The van der Waals surface area contributed by atoms with Gasteiger partial charge in [0.25, 0.3) is 0 Å². The third-order valence-corrected chi connectivity index (χ3v) is 2.71. The highest BCUT2D eigenvalue weighted by Gasteiger charge is 2.18. The maximum atomic E-state index is 9.85. The zero-order valence-corrected chi connectivity index (χ0v) is 9.23. The van der Waals surface area contributed by atoms with Crippen LogP contribution in [0.2, 0.25) is 0 Å². The van der Waals surface area contributed by atoms with Gasteiger partial charge in [0.05, 0.1) is 18.4 Å². The van der Waals surface area contributed by atoms with Gasteiger partial charge in [0, 0.05) is 13.1 Å². The predicted molar refractivity (Wildman–Crippen MR) is 60.5 cm³/mol. The fourth-order valence-corrected chi connectivity index (χ4v) is 1.94. The number of nitrogens with zero attached hydrogens (tertiary/aromatic N) is 1. The van der Waals surface area contributed by atoms with Gasteiger partial charge in [-0.25, -0.2) is 0 Å². The Hall–Kier alpha value is -1.22. The van der Waals surface area contributed by atoms with Crippen LogP contribution in [0.5, 0.6) is 5.75 Å². The van der Waals surface area contributed by atoms with Gasteiger partial charge in [0.15, 0.2) is 0 Å². The number of hydrogen-bond acceptors (Lipinski definition) is 3. The van der Waals surface area contributed by atoms with E-state index in [9.17, 15) is 5.11 Å². The molecule has 1 atom stereocenters. The molecule has 1 aromatic rings. The molecular formula is C12H17NO2. The second-order valence-electron chi connectivity index (χ2n) is 4.12.